The number of ether oxygens (including phenoxy) is 1. The highest BCUT2D eigenvalue weighted by molar-refractivity contribution is 5.81. The van der Waals surface area contributed by atoms with E-state index in [2.05, 4.69) is 9.97 Å². The molecule has 3 atom stereocenters. The molecule has 9 nitrogen and oxygen atoms in total. The van der Waals surface area contributed by atoms with Crippen molar-refractivity contribution in [2.45, 2.75) is 24.9 Å². The van der Waals surface area contributed by atoms with Gasteiger partial charge in [0.25, 0.3) is 0 Å². The molecule has 0 spiro atoms. The summed E-state index contributed by atoms with van der Waals surface area (Å²) in [5, 5.41) is 18.8. The van der Waals surface area contributed by atoms with Gasteiger partial charge in [0.1, 0.15) is 23.7 Å². The van der Waals surface area contributed by atoms with Gasteiger partial charge in [-0.25, -0.2) is 9.78 Å². The molecule has 1 fully saturated rings. The van der Waals surface area contributed by atoms with Gasteiger partial charge < -0.3 is 20.7 Å². The molecule has 1 aliphatic rings. The molecule has 0 bridgehead atoms. The van der Waals surface area contributed by atoms with E-state index in [-0.39, 0.29) is 18.8 Å². The van der Waals surface area contributed by atoms with E-state index in [0.29, 0.717) is 11.2 Å². The smallest absolute Gasteiger partial charge is 0.350 e. The topological polar surface area (TPSA) is 128 Å². The molecule has 0 amide bonds. The molecule has 2 aromatic rings. The Balaban J connectivity index is 2.08. The molecule has 4 N–H and O–H groups in total. The molecule has 3 heterocycles. The van der Waals surface area contributed by atoms with Gasteiger partial charge in [-0.05, 0) is 0 Å². The zero-order chi connectivity index (χ0) is 14.4. The summed E-state index contributed by atoms with van der Waals surface area (Å²) in [6.07, 6.45) is -0.211. The van der Waals surface area contributed by atoms with E-state index in [0.717, 1.165) is 0 Å². The van der Waals surface area contributed by atoms with Gasteiger partial charge in [-0.3, -0.25) is 9.13 Å². The predicted octanol–water partition coefficient (Wildman–Crippen LogP) is -1.65. The number of fused-ring (bicyclic) bond motifs is 1. The van der Waals surface area contributed by atoms with Crippen LogP contribution in [0.15, 0.2) is 11.1 Å². The summed E-state index contributed by atoms with van der Waals surface area (Å²) in [7, 11) is 1.51. The van der Waals surface area contributed by atoms with Crippen molar-refractivity contribution in [3.63, 3.8) is 0 Å². The molecule has 2 aromatic heterocycles. The maximum Gasteiger partial charge on any atom is 0.350 e. The molecule has 1 aliphatic heterocycles. The van der Waals surface area contributed by atoms with Gasteiger partial charge in [-0.2, -0.15) is 4.98 Å². The van der Waals surface area contributed by atoms with E-state index in [1.54, 1.807) is 4.57 Å². The van der Waals surface area contributed by atoms with Crippen LogP contribution >= 0.6 is 0 Å². The van der Waals surface area contributed by atoms with E-state index in [1.165, 1.54) is 17.9 Å². The van der Waals surface area contributed by atoms with Gasteiger partial charge in [0.2, 0.25) is 0 Å². The molecule has 3 rings (SSSR count). The fourth-order valence-electron chi connectivity index (χ4n) is 2.33. The number of hydrogen-bond donors (Lipinski definition) is 3. The Morgan fingerprint density at radius 3 is 3.00 bits per heavy atom. The first kappa shape index (κ1) is 13.0. The summed E-state index contributed by atoms with van der Waals surface area (Å²) in [5.74, 6) is 0.219. The molecule has 0 aromatic carbocycles. The Morgan fingerprint density at radius 1 is 1.60 bits per heavy atom. The molecule has 9 heteroatoms. The fourth-order valence-corrected chi connectivity index (χ4v) is 2.33. The second-order valence-corrected chi connectivity index (χ2v) is 4.78. The highest BCUT2D eigenvalue weighted by Gasteiger charge is 2.35. The van der Waals surface area contributed by atoms with Crippen molar-refractivity contribution >= 4 is 17.0 Å². The lowest BCUT2D eigenvalue weighted by Crippen LogP contribution is -2.24. The Kier molecular flexibility index (Phi) is 2.96. The zero-order valence-corrected chi connectivity index (χ0v) is 10.8. The van der Waals surface area contributed by atoms with Crippen molar-refractivity contribution < 1.29 is 14.9 Å². The largest absolute Gasteiger partial charge is 0.394 e. The molecule has 1 saturated heterocycles. The van der Waals surface area contributed by atoms with Crippen molar-refractivity contribution in [3.05, 3.63) is 16.8 Å². The summed E-state index contributed by atoms with van der Waals surface area (Å²) in [4.78, 5) is 19.8. The van der Waals surface area contributed by atoms with Gasteiger partial charge in [0, 0.05) is 13.5 Å². The molecule has 108 valence electrons. The average molecular weight is 281 g/mol. The number of nitrogens with two attached hydrogens (primary N) is 1. The first-order valence-electron chi connectivity index (χ1n) is 6.16. The summed E-state index contributed by atoms with van der Waals surface area (Å²) >= 11 is 0. The van der Waals surface area contributed by atoms with Crippen LogP contribution in [0, 0.1) is 0 Å². The lowest BCUT2D eigenvalue weighted by molar-refractivity contribution is -0.0432. The quantitative estimate of drug-likeness (QED) is 0.601. The van der Waals surface area contributed by atoms with Gasteiger partial charge in [-0.15, -0.1) is 0 Å². The monoisotopic (exact) mass is 281 g/mol. The van der Waals surface area contributed by atoms with Gasteiger partial charge in [-0.1, -0.05) is 0 Å². The Labute approximate surface area is 113 Å². The van der Waals surface area contributed by atoms with Crippen LogP contribution in [0.5, 0.6) is 0 Å². The molecule has 0 saturated carbocycles. The maximum absolute atomic E-state index is 11.7. The van der Waals surface area contributed by atoms with Crippen LogP contribution in [0.25, 0.3) is 11.2 Å². The number of anilines is 1. The van der Waals surface area contributed by atoms with Gasteiger partial charge in [0.15, 0.2) is 5.65 Å². The second-order valence-electron chi connectivity index (χ2n) is 4.78. The highest BCUT2D eigenvalue weighted by atomic mass is 16.5. The van der Waals surface area contributed by atoms with E-state index in [4.69, 9.17) is 15.6 Å². The van der Waals surface area contributed by atoms with E-state index in [9.17, 15) is 9.90 Å². The van der Waals surface area contributed by atoms with Crippen molar-refractivity contribution in [1.29, 1.82) is 0 Å². The molecule has 0 unspecified atom stereocenters. The van der Waals surface area contributed by atoms with Crippen molar-refractivity contribution in [2.24, 2.45) is 7.05 Å². The van der Waals surface area contributed by atoms with Crippen LogP contribution in [0.3, 0.4) is 0 Å². The number of aromatic nitrogens is 4. The SMILES string of the molecule is Cn1c(N)c2ncn([C@H]3C[C@H](O)[C@@H](CO)O3)c2nc1=O. The molecule has 0 aliphatic carbocycles. The first-order valence-corrected chi connectivity index (χ1v) is 6.16. The number of imidazole rings is 1. The summed E-state index contributed by atoms with van der Waals surface area (Å²) in [6.45, 7) is -0.276. The molecule has 20 heavy (non-hydrogen) atoms. The third-order valence-corrected chi connectivity index (χ3v) is 3.55. The Bertz CT molecular complexity index is 709. The number of rotatable bonds is 2. The minimum Gasteiger partial charge on any atom is -0.394 e. The molecular formula is C11H15N5O4. The van der Waals surface area contributed by atoms with E-state index in [1.807, 2.05) is 0 Å². The van der Waals surface area contributed by atoms with Crippen LogP contribution < -0.4 is 11.4 Å². The average Bonchev–Trinajstić information content (AvgIpc) is 2.99. The first-order chi connectivity index (χ1) is 9.52. The van der Waals surface area contributed by atoms with Crippen molar-refractivity contribution in [1.82, 2.24) is 19.1 Å². The lowest BCUT2D eigenvalue weighted by Gasteiger charge is -2.13. The summed E-state index contributed by atoms with van der Waals surface area (Å²) in [6, 6.07) is 0. The van der Waals surface area contributed by atoms with Crippen molar-refractivity contribution in [3.8, 4) is 0 Å². The summed E-state index contributed by atoms with van der Waals surface area (Å²) in [5.41, 5.74) is 6.04. The third-order valence-electron chi connectivity index (χ3n) is 3.55. The minimum absolute atomic E-state index is 0.219. The van der Waals surface area contributed by atoms with Gasteiger partial charge in [0.05, 0.1) is 19.0 Å². The Morgan fingerprint density at radius 2 is 2.35 bits per heavy atom. The number of nitrogen functional groups attached to an aromatic ring is 1. The standard InChI is InChI=1S/C11H15N5O4/c1-15-9(12)8-10(14-11(15)19)16(4-13-8)7-2-5(18)6(3-17)20-7/h4-7,17-18H,2-3,12H2,1H3/t5-,6+,7+/m0/s1. The van der Waals surface area contributed by atoms with Crippen molar-refractivity contribution in [2.75, 3.05) is 12.3 Å². The van der Waals surface area contributed by atoms with Crippen LogP contribution in [0.1, 0.15) is 12.6 Å². The fraction of sp³-hybridized carbons (Fsp3) is 0.545. The highest BCUT2D eigenvalue weighted by Crippen LogP contribution is 2.30. The zero-order valence-electron chi connectivity index (χ0n) is 10.8. The number of aliphatic hydroxyl groups is 2. The number of hydrogen-bond acceptors (Lipinski definition) is 7. The molecular weight excluding hydrogens is 266 g/mol. The number of aliphatic hydroxyl groups excluding tert-OH is 2. The maximum atomic E-state index is 11.7. The summed E-state index contributed by atoms with van der Waals surface area (Å²) < 4.78 is 8.28. The number of nitrogens with zero attached hydrogens (tertiary/aromatic N) is 4. The minimum atomic E-state index is -0.772. The van der Waals surface area contributed by atoms with Crippen LogP contribution in [-0.2, 0) is 11.8 Å². The predicted molar refractivity (Wildman–Crippen MR) is 68.8 cm³/mol. The second kappa shape index (κ2) is 4.54. The Hall–Kier alpha value is -1.97. The van der Waals surface area contributed by atoms with E-state index >= 15 is 0 Å². The van der Waals surface area contributed by atoms with E-state index < -0.39 is 24.1 Å². The molecule has 0 radical (unpaired) electrons. The van der Waals surface area contributed by atoms with Crippen LogP contribution in [-0.4, -0.2) is 48.1 Å². The lowest BCUT2D eigenvalue weighted by atomic mass is 10.2. The normalized spacial score (nSPS) is 26.4. The van der Waals surface area contributed by atoms with Crippen LogP contribution in [0.2, 0.25) is 0 Å². The third kappa shape index (κ3) is 1.79. The van der Waals surface area contributed by atoms with Crippen LogP contribution in [0.4, 0.5) is 5.82 Å². The van der Waals surface area contributed by atoms with Gasteiger partial charge >= 0.3 is 5.69 Å².